The molecule has 1 fully saturated rings. The summed E-state index contributed by atoms with van der Waals surface area (Å²) in [6, 6.07) is -0.353. The van der Waals surface area contributed by atoms with Crippen molar-refractivity contribution in [2.24, 2.45) is 11.8 Å². The highest BCUT2D eigenvalue weighted by atomic mass is 16.2. The molecule has 4 nitrogen and oxygen atoms in total. The van der Waals surface area contributed by atoms with E-state index in [2.05, 4.69) is 19.2 Å². The van der Waals surface area contributed by atoms with Crippen LogP contribution in [-0.2, 0) is 9.59 Å². The SMILES string of the molecule is CCCC(C)CN1CCC(=O)NC(C(C)C)C1=O. The zero-order chi connectivity index (χ0) is 13.7. The lowest BCUT2D eigenvalue weighted by Crippen LogP contribution is -2.48. The number of carbonyl (C=O) groups is 2. The molecule has 18 heavy (non-hydrogen) atoms. The van der Waals surface area contributed by atoms with Crippen molar-refractivity contribution < 1.29 is 9.59 Å². The fraction of sp³-hybridized carbons (Fsp3) is 0.857. The third-order valence-corrected chi connectivity index (χ3v) is 3.48. The summed E-state index contributed by atoms with van der Waals surface area (Å²) in [7, 11) is 0. The van der Waals surface area contributed by atoms with Gasteiger partial charge in [-0.25, -0.2) is 0 Å². The Labute approximate surface area is 110 Å². The maximum atomic E-state index is 12.4. The maximum absolute atomic E-state index is 12.4. The topological polar surface area (TPSA) is 49.4 Å². The molecule has 1 saturated heterocycles. The van der Waals surface area contributed by atoms with Gasteiger partial charge in [0.05, 0.1) is 0 Å². The third-order valence-electron chi connectivity index (χ3n) is 3.48. The summed E-state index contributed by atoms with van der Waals surface area (Å²) in [5.74, 6) is 0.718. The highest BCUT2D eigenvalue weighted by molar-refractivity contribution is 5.90. The molecule has 2 amide bonds. The summed E-state index contributed by atoms with van der Waals surface area (Å²) in [6.45, 7) is 9.60. The molecule has 1 aliphatic rings. The van der Waals surface area contributed by atoms with Crippen LogP contribution in [0.1, 0.15) is 47.0 Å². The second-order valence-corrected chi connectivity index (χ2v) is 5.72. The summed E-state index contributed by atoms with van der Waals surface area (Å²) < 4.78 is 0. The molecule has 4 heteroatoms. The Morgan fingerprint density at radius 1 is 1.33 bits per heavy atom. The van der Waals surface area contributed by atoms with Gasteiger partial charge in [-0.15, -0.1) is 0 Å². The van der Waals surface area contributed by atoms with Crippen LogP contribution >= 0.6 is 0 Å². The highest BCUT2D eigenvalue weighted by Gasteiger charge is 2.32. The molecule has 1 rings (SSSR count). The summed E-state index contributed by atoms with van der Waals surface area (Å²) in [6.07, 6.45) is 2.68. The summed E-state index contributed by atoms with van der Waals surface area (Å²) in [5, 5.41) is 2.83. The normalized spacial score (nSPS) is 22.9. The smallest absolute Gasteiger partial charge is 0.245 e. The number of nitrogens with one attached hydrogen (secondary N) is 1. The van der Waals surface area contributed by atoms with Crippen LogP contribution in [0.15, 0.2) is 0 Å². The van der Waals surface area contributed by atoms with E-state index < -0.39 is 0 Å². The Hall–Kier alpha value is -1.06. The summed E-state index contributed by atoms with van der Waals surface area (Å²) >= 11 is 0. The number of rotatable bonds is 5. The number of carbonyl (C=O) groups excluding carboxylic acids is 2. The van der Waals surface area contributed by atoms with Crippen molar-refractivity contribution >= 4 is 11.8 Å². The molecular weight excluding hydrogens is 228 g/mol. The molecular formula is C14H26N2O2. The Bertz CT molecular complexity index is 302. The first-order valence-corrected chi connectivity index (χ1v) is 7.03. The lowest BCUT2D eigenvalue weighted by Gasteiger charge is -2.28. The van der Waals surface area contributed by atoms with E-state index in [4.69, 9.17) is 0 Å². The lowest BCUT2D eigenvalue weighted by molar-refractivity contribution is -0.135. The first-order chi connectivity index (χ1) is 8.45. The Morgan fingerprint density at radius 3 is 2.56 bits per heavy atom. The molecule has 104 valence electrons. The zero-order valence-corrected chi connectivity index (χ0v) is 12.0. The van der Waals surface area contributed by atoms with E-state index in [1.54, 1.807) is 0 Å². The van der Waals surface area contributed by atoms with Gasteiger partial charge >= 0.3 is 0 Å². The monoisotopic (exact) mass is 254 g/mol. The maximum Gasteiger partial charge on any atom is 0.245 e. The number of hydrogen-bond acceptors (Lipinski definition) is 2. The van der Waals surface area contributed by atoms with E-state index >= 15 is 0 Å². The van der Waals surface area contributed by atoms with E-state index in [0.29, 0.717) is 18.9 Å². The van der Waals surface area contributed by atoms with Crippen molar-refractivity contribution in [1.82, 2.24) is 10.2 Å². The quantitative estimate of drug-likeness (QED) is 0.813. The van der Waals surface area contributed by atoms with E-state index in [-0.39, 0.29) is 23.8 Å². The van der Waals surface area contributed by atoms with Gasteiger partial charge in [0.1, 0.15) is 6.04 Å². The van der Waals surface area contributed by atoms with Gasteiger partial charge in [0, 0.05) is 19.5 Å². The van der Waals surface area contributed by atoms with Gasteiger partial charge in [0.15, 0.2) is 0 Å². The van der Waals surface area contributed by atoms with Crippen LogP contribution in [-0.4, -0.2) is 35.8 Å². The molecule has 1 aliphatic heterocycles. The molecule has 2 unspecified atom stereocenters. The van der Waals surface area contributed by atoms with Crippen molar-refractivity contribution in [2.45, 2.75) is 53.0 Å². The molecule has 1 N–H and O–H groups in total. The predicted molar refractivity (Wildman–Crippen MR) is 72.0 cm³/mol. The van der Waals surface area contributed by atoms with Gasteiger partial charge in [0.2, 0.25) is 11.8 Å². The van der Waals surface area contributed by atoms with Crippen molar-refractivity contribution in [1.29, 1.82) is 0 Å². The van der Waals surface area contributed by atoms with E-state index in [1.165, 1.54) is 0 Å². The minimum Gasteiger partial charge on any atom is -0.344 e. The first kappa shape index (κ1) is 15.0. The molecule has 0 aromatic heterocycles. The highest BCUT2D eigenvalue weighted by Crippen LogP contribution is 2.14. The van der Waals surface area contributed by atoms with Crippen LogP contribution in [0, 0.1) is 11.8 Å². The minimum atomic E-state index is -0.353. The van der Waals surface area contributed by atoms with Crippen molar-refractivity contribution in [2.75, 3.05) is 13.1 Å². The lowest BCUT2D eigenvalue weighted by atomic mass is 10.0. The van der Waals surface area contributed by atoms with Crippen LogP contribution in [0.5, 0.6) is 0 Å². The van der Waals surface area contributed by atoms with Crippen LogP contribution in [0.2, 0.25) is 0 Å². The Morgan fingerprint density at radius 2 is 2.00 bits per heavy atom. The second kappa shape index (κ2) is 6.76. The number of nitrogens with zero attached hydrogens (tertiary/aromatic N) is 1. The van der Waals surface area contributed by atoms with Crippen molar-refractivity contribution in [3.05, 3.63) is 0 Å². The van der Waals surface area contributed by atoms with Gasteiger partial charge < -0.3 is 10.2 Å². The van der Waals surface area contributed by atoms with Gasteiger partial charge in [0.25, 0.3) is 0 Å². The van der Waals surface area contributed by atoms with E-state index in [0.717, 1.165) is 19.4 Å². The molecule has 0 bridgehead atoms. The fourth-order valence-electron chi connectivity index (χ4n) is 2.44. The molecule has 0 radical (unpaired) electrons. The molecule has 0 aromatic rings. The van der Waals surface area contributed by atoms with Gasteiger partial charge in [-0.3, -0.25) is 9.59 Å². The molecule has 0 aliphatic carbocycles. The first-order valence-electron chi connectivity index (χ1n) is 7.03. The van der Waals surface area contributed by atoms with Crippen LogP contribution in [0.3, 0.4) is 0 Å². The van der Waals surface area contributed by atoms with Crippen LogP contribution < -0.4 is 5.32 Å². The van der Waals surface area contributed by atoms with Crippen molar-refractivity contribution in [3.8, 4) is 0 Å². The van der Waals surface area contributed by atoms with Crippen LogP contribution in [0.4, 0.5) is 0 Å². The molecule has 0 aromatic carbocycles. The minimum absolute atomic E-state index is 0.00676. The van der Waals surface area contributed by atoms with E-state index in [9.17, 15) is 9.59 Å². The average molecular weight is 254 g/mol. The van der Waals surface area contributed by atoms with Gasteiger partial charge in [-0.05, 0) is 18.3 Å². The van der Waals surface area contributed by atoms with Gasteiger partial charge in [-0.2, -0.15) is 0 Å². The van der Waals surface area contributed by atoms with E-state index in [1.807, 2.05) is 18.7 Å². The van der Waals surface area contributed by atoms with Crippen molar-refractivity contribution in [3.63, 3.8) is 0 Å². The third kappa shape index (κ3) is 4.00. The summed E-state index contributed by atoms with van der Waals surface area (Å²) in [5.41, 5.74) is 0. The average Bonchev–Trinajstić information content (AvgIpc) is 2.42. The molecule has 1 heterocycles. The zero-order valence-electron chi connectivity index (χ0n) is 12.0. The number of hydrogen-bond donors (Lipinski definition) is 1. The summed E-state index contributed by atoms with van der Waals surface area (Å²) in [4.78, 5) is 25.9. The Kier molecular flexibility index (Phi) is 5.63. The van der Waals surface area contributed by atoms with Gasteiger partial charge in [-0.1, -0.05) is 34.1 Å². The predicted octanol–water partition coefficient (Wildman–Crippen LogP) is 1.80. The molecule has 0 spiro atoms. The second-order valence-electron chi connectivity index (χ2n) is 5.72. The molecule has 0 saturated carbocycles. The fourth-order valence-corrected chi connectivity index (χ4v) is 2.44. The Balaban J connectivity index is 2.71. The number of amides is 2. The molecule has 2 atom stereocenters. The standard InChI is InChI=1S/C14H26N2O2/c1-5-6-11(4)9-16-8-7-12(17)15-13(10(2)3)14(16)18/h10-11,13H,5-9H2,1-4H3,(H,15,17). The van der Waals surface area contributed by atoms with Crippen LogP contribution in [0.25, 0.3) is 0 Å². The largest absolute Gasteiger partial charge is 0.344 e.